The van der Waals surface area contributed by atoms with Gasteiger partial charge in [0.1, 0.15) is 24.4 Å². The number of amides is 4. The second-order valence-electron chi connectivity index (χ2n) is 10.7. The van der Waals surface area contributed by atoms with E-state index < -0.39 is 42.4 Å². The lowest BCUT2D eigenvalue weighted by atomic mass is 10.0. The Balaban J connectivity index is 1.43. The molecule has 1 aromatic rings. The van der Waals surface area contributed by atoms with Crippen LogP contribution in [0.5, 0.6) is 0 Å². The maximum atomic E-state index is 13.9. The molecule has 4 saturated heterocycles. The average molecular weight is 564 g/mol. The largest absolute Gasteiger partial charge is 0.388 e. The SMILES string of the molecule is CC(=O)N1CCN2C[C@H]1C(=O)NC[C@H]1O[C@@H](CC(=O)N[C@H]3C[C@@H](C2=O)N(Cc2cccc(Cl)c2)C3)[C@H](O)[C@@H]1O. The molecule has 39 heavy (non-hydrogen) atoms. The maximum absolute atomic E-state index is 13.9. The predicted octanol–water partition coefficient (Wildman–Crippen LogP) is -1.53. The van der Waals surface area contributed by atoms with Gasteiger partial charge in [-0.3, -0.25) is 24.1 Å². The topological polar surface area (TPSA) is 152 Å². The summed E-state index contributed by atoms with van der Waals surface area (Å²) in [5.41, 5.74) is 0.916. The number of ether oxygens (including phenoxy) is 1. The summed E-state index contributed by atoms with van der Waals surface area (Å²) in [6.45, 7) is 2.59. The Morgan fingerprint density at radius 2 is 1.87 bits per heavy atom. The molecule has 7 atom stereocenters. The summed E-state index contributed by atoms with van der Waals surface area (Å²) < 4.78 is 5.75. The minimum atomic E-state index is -1.30. The van der Waals surface area contributed by atoms with Crippen molar-refractivity contribution in [3.63, 3.8) is 0 Å². The summed E-state index contributed by atoms with van der Waals surface area (Å²) in [5.74, 6) is -1.30. The third-order valence-corrected chi connectivity index (χ3v) is 8.29. The van der Waals surface area contributed by atoms with Crippen LogP contribution >= 0.6 is 11.6 Å². The molecule has 13 heteroatoms. The number of benzene rings is 1. The van der Waals surface area contributed by atoms with Gasteiger partial charge < -0.3 is 35.4 Å². The van der Waals surface area contributed by atoms with E-state index in [0.29, 0.717) is 24.5 Å². The lowest BCUT2D eigenvalue weighted by Crippen LogP contribution is -2.63. The van der Waals surface area contributed by atoms with Gasteiger partial charge in [0.05, 0.1) is 25.1 Å². The average Bonchev–Trinajstić information content (AvgIpc) is 3.40. The Morgan fingerprint density at radius 3 is 2.62 bits per heavy atom. The first-order valence-electron chi connectivity index (χ1n) is 13.2. The number of hydrogen-bond donors (Lipinski definition) is 4. The van der Waals surface area contributed by atoms with Crippen LogP contribution in [-0.4, -0.2) is 124 Å². The van der Waals surface area contributed by atoms with E-state index in [1.807, 2.05) is 23.1 Å². The van der Waals surface area contributed by atoms with Crippen LogP contribution in [0.3, 0.4) is 0 Å². The molecule has 0 saturated carbocycles. The minimum Gasteiger partial charge on any atom is -0.388 e. The summed E-state index contributed by atoms with van der Waals surface area (Å²) in [4.78, 5) is 57.4. The van der Waals surface area contributed by atoms with Gasteiger partial charge in [-0.15, -0.1) is 0 Å². The molecule has 212 valence electrons. The number of aliphatic hydroxyl groups excluding tert-OH is 2. The van der Waals surface area contributed by atoms with E-state index in [9.17, 15) is 29.4 Å². The molecule has 5 rings (SSSR count). The number of halogens is 1. The van der Waals surface area contributed by atoms with Gasteiger partial charge in [-0.25, -0.2) is 0 Å². The number of nitrogens with zero attached hydrogens (tertiary/aromatic N) is 3. The van der Waals surface area contributed by atoms with Gasteiger partial charge >= 0.3 is 0 Å². The van der Waals surface area contributed by atoms with Crippen LogP contribution in [0.1, 0.15) is 25.3 Å². The van der Waals surface area contributed by atoms with E-state index in [-0.39, 0.29) is 56.4 Å². The fourth-order valence-corrected chi connectivity index (χ4v) is 6.27. The van der Waals surface area contributed by atoms with Gasteiger partial charge in [-0.05, 0) is 24.1 Å². The van der Waals surface area contributed by atoms with Crippen molar-refractivity contribution in [3.05, 3.63) is 34.9 Å². The van der Waals surface area contributed by atoms with Crippen molar-refractivity contribution in [3.8, 4) is 0 Å². The normalized spacial score (nSPS) is 34.2. The predicted molar refractivity (Wildman–Crippen MR) is 138 cm³/mol. The molecule has 6 bridgehead atoms. The van der Waals surface area contributed by atoms with Gasteiger partial charge in [0.15, 0.2) is 0 Å². The van der Waals surface area contributed by atoms with Crippen LogP contribution < -0.4 is 10.6 Å². The summed E-state index contributed by atoms with van der Waals surface area (Å²) in [6.07, 6.45) is -4.30. The molecule has 0 spiro atoms. The van der Waals surface area contributed by atoms with E-state index in [0.717, 1.165) is 5.56 Å². The Labute approximate surface area is 231 Å². The van der Waals surface area contributed by atoms with E-state index in [1.165, 1.54) is 11.8 Å². The first kappa shape index (κ1) is 27.8. The highest BCUT2D eigenvalue weighted by Crippen LogP contribution is 2.27. The number of piperazine rings is 1. The number of fused-ring (bicyclic) bond motifs is 6. The zero-order valence-electron chi connectivity index (χ0n) is 21.7. The molecule has 0 aromatic heterocycles. The molecular formula is C26H34ClN5O7. The van der Waals surface area contributed by atoms with Crippen molar-refractivity contribution < 1.29 is 34.1 Å². The van der Waals surface area contributed by atoms with E-state index in [2.05, 4.69) is 10.6 Å². The van der Waals surface area contributed by atoms with Crippen molar-refractivity contribution in [2.24, 2.45) is 0 Å². The number of nitrogens with one attached hydrogen (secondary N) is 2. The fourth-order valence-electron chi connectivity index (χ4n) is 6.06. The van der Waals surface area contributed by atoms with E-state index in [4.69, 9.17) is 16.3 Å². The van der Waals surface area contributed by atoms with Crippen LogP contribution in [0, 0.1) is 0 Å². The van der Waals surface area contributed by atoms with Crippen molar-refractivity contribution >= 4 is 35.2 Å². The molecule has 4 amide bonds. The monoisotopic (exact) mass is 563 g/mol. The van der Waals surface area contributed by atoms with E-state index >= 15 is 0 Å². The highest BCUT2D eigenvalue weighted by molar-refractivity contribution is 6.30. The van der Waals surface area contributed by atoms with Crippen LogP contribution in [0.25, 0.3) is 0 Å². The first-order valence-corrected chi connectivity index (χ1v) is 13.6. The summed E-state index contributed by atoms with van der Waals surface area (Å²) in [5, 5.41) is 27.2. The zero-order valence-corrected chi connectivity index (χ0v) is 22.4. The van der Waals surface area contributed by atoms with Gasteiger partial charge in [0.2, 0.25) is 23.6 Å². The summed E-state index contributed by atoms with van der Waals surface area (Å²) >= 11 is 6.18. The zero-order chi connectivity index (χ0) is 27.8. The smallest absolute Gasteiger partial charge is 0.244 e. The number of carbonyl (C=O) groups excluding carboxylic acids is 4. The summed E-state index contributed by atoms with van der Waals surface area (Å²) in [7, 11) is 0. The molecule has 1 aromatic carbocycles. The third-order valence-electron chi connectivity index (χ3n) is 8.05. The second kappa shape index (κ2) is 11.4. The van der Waals surface area contributed by atoms with Crippen LogP contribution in [0.2, 0.25) is 5.02 Å². The minimum absolute atomic E-state index is 0.0160. The molecule has 0 radical (unpaired) electrons. The molecular weight excluding hydrogens is 530 g/mol. The van der Waals surface area contributed by atoms with Gasteiger partial charge in [-0.2, -0.15) is 0 Å². The standard InChI is InChI=1S/C26H34ClN5O7/c1-14(33)32-6-5-30-13-19(32)25(37)28-10-21-24(36)23(35)20(39-21)9-22(34)29-17-8-18(26(30)38)31(12-17)11-15-3-2-4-16(27)7-15/h2-4,7,17-21,23-24,35-36H,5-6,8-13H2,1H3,(H,28,37)(H,29,34)/t17-,18-,19-,20-,21+,23-,24+/m0/s1. The van der Waals surface area contributed by atoms with Gasteiger partial charge in [0, 0.05) is 50.7 Å². The van der Waals surface area contributed by atoms with Crippen LogP contribution in [-0.2, 0) is 30.5 Å². The summed E-state index contributed by atoms with van der Waals surface area (Å²) in [6, 6.07) is 5.55. The molecule has 0 unspecified atom stereocenters. The highest BCUT2D eigenvalue weighted by atomic mass is 35.5. The lowest BCUT2D eigenvalue weighted by Gasteiger charge is -2.41. The van der Waals surface area contributed by atoms with Crippen molar-refractivity contribution in [1.82, 2.24) is 25.3 Å². The van der Waals surface area contributed by atoms with Crippen LogP contribution in [0.4, 0.5) is 0 Å². The Bertz CT molecular complexity index is 1140. The number of likely N-dealkylation sites (tertiary alicyclic amines) is 1. The molecule has 12 nitrogen and oxygen atoms in total. The fraction of sp³-hybridized carbons (Fsp3) is 0.615. The molecule has 4 fully saturated rings. The maximum Gasteiger partial charge on any atom is 0.244 e. The Morgan fingerprint density at radius 1 is 1.10 bits per heavy atom. The quantitative estimate of drug-likeness (QED) is 0.338. The van der Waals surface area contributed by atoms with Crippen molar-refractivity contribution in [1.29, 1.82) is 0 Å². The molecule has 4 aliphatic heterocycles. The van der Waals surface area contributed by atoms with Crippen molar-refractivity contribution in [2.75, 3.05) is 32.7 Å². The second-order valence-corrected chi connectivity index (χ2v) is 11.2. The van der Waals surface area contributed by atoms with Crippen molar-refractivity contribution in [2.45, 2.75) is 68.9 Å². The number of carbonyl (C=O) groups is 4. The highest BCUT2D eigenvalue weighted by Gasteiger charge is 2.46. The number of rotatable bonds is 2. The van der Waals surface area contributed by atoms with Crippen LogP contribution in [0.15, 0.2) is 24.3 Å². The van der Waals surface area contributed by atoms with Gasteiger partial charge in [0.25, 0.3) is 0 Å². The Hall–Kier alpha value is -2.77. The third kappa shape index (κ3) is 5.90. The Kier molecular flexibility index (Phi) is 8.11. The molecule has 0 aliphatic carbocycles. The first-order chi connectivity index (χ1) is 18.6. The number of aliphatic hydroxyl groups is 2. The molecule has 4 heterocycles. The lowest BCUT2D eigenvalue weighted by molar-refractivity contribution is -0.149. The van der Waals surface area contributed by atoms with Gasteiger partial charge in [-0.1, -0.05) is 23.7 Å². The molecule has 4 N–H and O–H groups in total. The molecule has 4 aliphatic rings. The van der Waals surface area contributed by atoms with E-state index in [1.54, 1.807) is 11.0 Å². The number of hydrogen-bond acceptors (Lipinski definition) is 8.